The van der Waals surface area contributed by atoms with Crippen LogP contribution in [0.2, 0.25) is 0 Å². The minimum Gasteiger partial charge on any atom is -0.326 e. The predicted molar refractivity (Wildman–Crippen MR) is 74.2 cm³/mol. The molecule has 0 radical (unpaired) electrons. The van der Waals surface area contributed by atoms with Crippen LogP contribution in [-0.4, -0.2) is 18.2 Å². The summed E-state index contributed by atoms with van der Waals surface area (Å²) in [5.74, 6) is 0. The van der Waals surface area contributed by atoms with E-state index < -0.39 is 10.0 Å². The van der Waals surface area contributed by atoms with Crippen LogP contribution >= 0.6 is 11.3 Å². The molecule has 2 aromatic rings. The van der Waals surface area contributed by atoms with Crippen LogP contribution in [0, 0.1) is 6.92 Å². The number of thiophene rings is 1. The Labute approximate surface area is 116 Å². The molecule has 0 amide bonds. The van der Waals surface area contributed by atoms with E-state index in [1.165, 1.54) is 11.3 Å². The molecule has 8 heteroatoms. The van der Waals surface area contributed by atoms with E-state index in [1.807, 2.05) is 6.92 Å². The maximum Gasteiger partial charge on any atom is 0.250 e. The van der Waals surface area contributed by atoms with Crippen LogP contribution in [0.4, 0.5) is 0 Å². The molecule has 0 spiro atoms. The second-order valence-electron chi connectivity index (χ2n) is 4.22. The first-order chi connectivity index (χ1) is 8.92. The van der Waals surface area contributed by atoms with E-state index in [0.29, 0.717) is 6.54 Å². The summed E-state index contributed by atoms with van der Waals surface area (Å²) < 4.78 is 28.7. The van der Waals surface area contributed by atoms with Gasteiger partial charge in [-0.1, -0.05) is 0 Å². The van der Waals surface area contributed by atoms with Crippen molar-refractivity contribution < 1.29 is 8.42 Å². The Kier molecular flexibility index (Phi) is 4.04. The highest BCUT2D eigenvalue weighted by molar-refractivity contribution is 7.91. The summed E-state index contributed by atoms with van der Waals surface area (Å²) in [7, 11) is -1.68. The number of hydrogen-bond acceptors (Lipinski definition) is 5. The number of aryl methyl sites for hydroxylation is 2. The van der Waals surface area contributed by atoms with Crippen molar-refractivity contribution in [3.8, 4) is 0 Å². The first kappa shape index (κ1) is 14.2. The summed E-state index contributed by atoms with van der Waals surface area (Å²) >= 11 is 1.17. The molecule has 3 N–H and O–H groups in total. The molecule has 0 fully saturated rings. The molecule has 104 valence electrons. The zero-order chi connectivity index (χ0) is 14.0. The Balaban J connectivity index is 2.11. The molecule has 0 unspecified atom stereocenters. The van der Waals surface area contributed by atoms with E-state index in [4.69, 9.17) is 5.73 Å². The number of nitrogens with two attached hydrogens (primary N) is 1. The standard InChI is InChI=1S/C11H16N4O2S2/c1-8-10(6-15(2)14-8)5-13-19(16,17)11-3-9(4-12)7-18-11/h3,6-7,13H,4-5,12H2,1-2H3. The maximum atomic E-state index is 12.1. The number of nitrogens with zero attached hydrogens (tertiary/aromatic N) is 2. The third-order valence-corrected chi connectivity index (χ3v) is 5.59. The van der Waals surface area contributed by atoms with Crippen molar-refractivity contribution in [3.05, 3.63) is 34.5 Å². The van der Waals surface area contributed by atoms with Crippen LogP contribution in [0.25, 0.3) is 0 Å². The molecule has 6 nitrogen and oxygen atoms in total. The van der Waals surface area contributed by atoms with Crippen LogP contribution in [0.15, 0.2) is 21.9 Å². The molecule has 0 aliphatic carbocycles. The first-order valence-corrected chi connectivity index (χ1v) is 8.05. The third-order valence-electron chi connectivity index (χ3n) is 2.70. The maximum absolute atomic E-state index is 12.1. The van der Waals surface area contributed by atoms with E-state index in [-0.39, 0.29) is 10.8 Å². The summed E-state index contributed by atoms with van der Waals surface area (Å²) in [6.45, 7) is 2.42. The molecule has 0 saturated carbocycles. The lowest BCUT2D eigenvalue weighted by Gasteiger charge is -2.03. The summed E-state index contributed by atoms with van der Waals surface area (Å²) in [6, 6.07) is 1.60. The lowest BCUT2D eigenvalue weighted by molar-refractivity contribution is 0.583. The SMILES string of the molecule is Cc1nn(C)cc1CNS(=O)(=O)c1cc(CN)cs1. The van der Waals surface area contributed by atoms with Gasteiger partial charge in [0.25, 0.3) is 0 Å². The Morgan fingerprint density at radius 2 is 2.26 bits per heavy atom. The smallest absolute Gasteiger partial charge is 0.250 e. The highest BCUT2D eigenvalue weighted by Gasteiger charge is 2.17. The fourth-order valence-electron chi connectivity index (χ4n) is 1.67. The van der Waals surface area contributed by atoms with Crippen molar-refractivity contribution >= 4 is 21.4 Å². The van der Waals surface area contributed by atoms with E-state index in [1.54, 1.807) is 29.4 Å². The Morgan fingerprint density at radius 3 is 2.79 bits per heavy atom. The van der Waals surface area contributed by atoms with Crippen LogP contribution in [0.5, 0.6) is 0 Å². The van der Waals surface area contributed by atoms with Gasteiger partial charge >= 0.3 is 0 Å². The molecule has 0 aliphatic rings. The average Bonchev–Trinajstić information content (AvgIpc) is 2.94. The van der Waals surface area contributed by atoms with Crippen LogP contribution < -0.4 is 10.5 Å². The van der Waals surface area contributed by atoms with Gasteiger partial charge in [-0.05, 0) is 23.9 Å². The van der Waals surface area contributed by atoms with Gasteiger partial charge < -0.3 is 5.73 Å². The van der Waals surface area contributed by atoms with Gasteiger partial charge in [-0.15, -0.1) is 11.3 Å². The zero-order valence-corrected chi connectivity index (χ0v) is 12.4. The van der Waals surface area contributed by atoms with Gasteiger partial charge in [0.15, 0.2) is 0 Å². The van der Waals surface area contributed by atoms with Crippen molar-refractivity contribution in [2.45, 2.75) is 24.2 Å². The number of nitrogens with one attached hydrogen (secondary N) is 1. The summed E-state index contributed by atoms with van der Waals surface area (Å²) in [5, 5.41) is 5.92. The molecule has 0 aliphatic heterocycles. The molecule has 0 atom stereocenters. The normalized spacial score (nSPS) is 11.9. The van der Waals surface area contributed by atoms with Gasteiger partial charge in [0.1, 0.15) is 4.21 Å². The summed E-state index contributed by atoms with van der Waals surface area (Å²) in [5.41, 5.74) is 7.98. The fraction of sp³-hybridized carbons (Fsp3) is 0.364. The quantitative estimate of drug-likeness (QED) is 0.851. The minimum atomic E-state index is -3.48. The van der Waals surface area contributed by atoms with Gasteiger partial charge in [0.2, 0.25) is 10.0 Å². The van der Waals surface area contributed by atoms with Crippen LogP contribution in [0.1, 0.15) is 16.8 Å². The van der Waals surface area contributed by atoms with E-state index in [9.17, 15) is 8.42 Å². The number of sulfonamides is 1. The van der Waals surface area contributed by atoms with E-state index in [2.05, 4.69) is 9.82 Å². The number of hydrogen-bond donors (Lipinski definition) is 2. The minimum absolute atomic E-state index is 0.234. The molecular weight excluding hydrogens is 284 g/mol. The van der Waals surface area contributed by atoms with Crippen LogP contribution in [0.3, 0.4) is 0 Å². The Morgan fingerprint density at radius 1 is 1.53 bits per heavy atom. The Hall–Kier alpha value is -1.22. The topological polar surface area (TPSA) is 90.0 Å². The highest BCUT2D eigenvalue weighted by Crippen LogP contribution is 2.20. The molecule has 19 heavy (non-hydrogen) atoms. The van der Waals surface area contributed by atoms with Crippen molar-refractivity contribution in [2.75, 3.05) is 0 Å². The number of aromatic nitrogens is 2. The van der Waals surface area contributed by atoms with Crippen molar-refractivity contribution in [1.82, 2.24) is 14.5 Å². The first-order valence-electron chi connectivity index (χ1n) is 5.68. The van der Waals surface area contributed by atoms with E-state index >= 15 is 0 Å². The van der Waals surface area contributed by atoms with Gasteiger partial charge in [0, 0.05) is 31.9 Å². The molecule has 0 bridgehead atoms. The van der Waals surface area contributed by atoms with Crippen molar-refractivity contribution in [2.24, 2.45) is 12.8 Å². The van der Waals surface area contributed by atoms with Gasteiger partial charge in [-0.2, -0.15) is 5.10 Å². The third kappa shape index (κ3) is 3.21. The fourth-order valence-corrected chi connectivity index (χ4v) is 3.94. The number of rotatable bonds is 5. The average molecular weight is 300 g/mol. The molecule has 2 heterocycles. The van der Waals surface area contributed by atoms with Gasteiger partial charge in [0.05, 0.1) is 5.69 Å². The van der Waals surface area contributed by atoms with Crippen molar-refractivity contribution in [1.29, 1.82) is 0 Å². The van der Waals surface area contributed by atoms with Gasteiger partial charge in [-0.3, -0.25) is 4.68 Å². The summed E-state index contributed by atoms with van der Waals surface area (Å²) in [6.07, 6.45) is 1.80. The van der Waals surface area contributed by atoms with Gasteiger partial charge in [-0.25, -0.2) is 13.1 Å². The largest absolute Gasteiger partial charge is 0.326 e. The Bertz CT molecular complexity index is 673. The zero-order valence-electron chi connectivity index (χ0n) is 10.8. The second-order valence-corrected chi connectivity index (χ2v) is 7.12. The predicted octanol–water partition coefficient (Wildman–Crippen LogP) is 0.727. The van der Waals surface area contributed by atoms with E-state index in [0.717, 1.165) is 16.8 Å². The second kappa shape index (κ2) is 5.41. The molecule has 2 aromatic heterocycles. The molecular formula is C11H16N4O2S2. The molecule has 2 rings (SSSR count). The van der Waals surface area contributed by atoms with Crippen molar-refractivity contribution in [3.63, 3.8) is 0 Å². The van der Waals surface area contributed by atoms with Crippen LogP contribution in [-0.2, 0) is 30.2 Å². The molecule has 0 saturated heterocycles. The lowest BCUT2D eigenvalue weighted by Crippen LogP contribution is -2.22. The monoisotopic (exact) mass is 300 g/mol. The lowest BCUT2D eigenvalue weighted by atomic mass is 10.3. The highest BCUT2D eigenvalue weighted by atomic mass is 32.2. The summed E-state index contributed by atoms with van der Waals surface area (Å²) in [4.78, 5) is 0. The molecule has 0 aromatic carbocycles.